The number of amides is 1. The Hall–Kier alpha value is -1.51. The summed E-state index contributed by atoms with van der Waals surface area (Å²) in [7, 11) is 0. The SMILES string of the molecule is CCCNC(=O)CCc1ccc(N2CCCC2)cc1. The number of hydrogen-bond donors (Lipinski definition) is 1. The normalized spacial score (nSPS) is 14.7. The molecule has 3 nitrogen and oxygen atoms in total. The lowest BCUT2D eigenvalue weighted by Gasteiger charge is -2.17. The minimum absolute atomic E-state index is 0.158. The highest BCUT2D eigenvalue weighted by atomic mass is 16.1. The van der Waals surface area contributed by atoms with Crippen LogP contribution in [0.3, 0.4) is 0 Å². The number of aryl methyl sites for hydroxylation is 1. The van der Waals surface area contributed by atoms with Crippen LogP contribution < -0.4 is 10.2 Å². The van der Waals surface area contributed by atoms with Crippen molar-refractivity contribution in [2.75, 3.05) is 24.5 Å². The monoisotopic (exact) mass is 260 g/mol. The highest BCUT2D eigenvalue weighted by Gasteiger charge is 2.11. The smallest absolute Gasteiger partial charge is 0.220 e. The number of carbonyl (C=O) groups is 1. The highest BCUT2D eigenvalue weighted by Crippen LogP contribution is 2.20. The number of carbonyl (C=O) groups excluding carboxylic acids is 1. The molecule has 1 aromatic rings. The zero-order chi connectivity index (χ0) is 13.5. The molecular weight excluding hydrogens is 236 g/mol. The van der Waals surface area contributed by atoms with Crippen LogP contribution >= 0.6 is 0 Å². The van der Waals surface area contributed by atoms with E-state index in [1.165, 1.54) is 37.2 Å². The molecule has 19 heavy (non-hydrogen) atoms. The van der Waals surface area contributed by atoms with Gasteiger partial charge in [-0.05, 0) is 43.4 Å². The third-order valence-corrected chi connectivity index (χ3v) is 3.62. The maximum absolute atomic E-state index is 11.5. The number of anilines is 1. The first-order valence-corrected chi connectivity index (χ1v) is 7.40. The fourth-order valence-electron chi connectivity index (χ4n) is 2.46. The van der Waals surface area contributed by atoms with Gasteiger partial charge in [0.1, 0.15) is 0 Å². The molecule has 0 spiro atoms. The maximum atomic E-state index is 11.5. The highest BCUT2D eigenvalue weighted by molar-refractivity contribution is 5.76. The van der Waals surface area contributed by atoms with Gasteiger partial charge in [0.25, 0.3) is 0 Å². The van der Waals surface area contributed by atoms with Gasteiger partial charge in [0.05, 0.1) is 0 Å². The molecule has 1 fully saturated rings. The molecule has 1 aromatic carbocycles. The molecule has 0 unspecified atom stereocenters. The summed E-state index contributed by atoms with van der Waals surface area (Å²) < 4.78 is 0. The quantitative estimate of drug-likeness (QED) is 0.853. The van der Waals surface area contributed by atoms with Gasteiger partial charge < -0.3 is 10.2 Å². The van der Waals surface area contributed by atoms with Crippen molar-refractivity contribution in [1.29, 1.82) is 0 Å². The van der Waals surface area contributed by atoms with E-state index in [0.29, 0.717) is 6.42 Å². The molecule has 0 aromatic heterocycles. The second-order valence-corrected chi connectivity index (χ2v) is 5.21. The second-order valence-electron chi connectivity index (χ2n) is 5.21. The predicted octanol–water partition coefficient (Wildman–Crippen LogP) is 2.75. The van der Waals surface area contributed by atoms with Gasteiger partial charge in [-0.1, -0.05) is 19.1 Å². The third kappa shape index (κ3) is 4.27. The van der Waals surface area contributed by atoms with E-state index in [4.69, 9.17) is 0 Å². The Morgan fingerprint density at radius 3 is 2.53 bits per heavy atom. The molecule has 3 heteroatoms. The zero-order valence-corrected chi connectivity index (χ0v) is 11.8. The van der Waals surface area contributed by atoms with Crippen LogP contribution in [0.5, 0.6) is 0 Å². The third-order valence-electron chi connectivity index (χ3n) is 3.62. The Bertz CT molecular complexity index is 394. The second kappa shape index (κ2) is 7.17. The predicted molar refractivity (Wildman–Crippen MR) is 79.5 cm³/mol. The molecule has 0 atom stereocenters. The number of hydrogen-bond acceptors (Lipinski definition) is 2. The summed E-state index contributed by atoms with van der Waals surface area (Å²) in [5.74, 6) is 0.158. The van der Waals surface area contributed by atoms with Crippen molar-refractivity contribution in [3.05, 3.63) is 29.8 Å². The standard InChI is InChI=1S/C16H24N2O/c1-2-11-17-16(19)10-7-14-5-8-15(9-6-14)18-12-3-4-13-18/h5-6,8-9H,2-4,7,10-13H2,1H3,(H,17,19). The van der Waals surface area contributed by atoms with Crippen LogP contribution in [0, 0.1) is 0 Å². The van der Waals surface area contributed by atoms with Crippen LogP contribution in [0.15, 0.2) is 24.3 Å². The molecule has 1 aliphatic rings. The van der Waals surface area contributed by atoms with Gasteiger partial charge in [0, 0.05) is 31.7 Å². The Morgan fingerprint density at radius 2 is 1.89 bits per heavy atom. The van der Waals surface area contributed by atoms with Crippen LogP contribution in [0.25, 0.3) is 0 Å². The summed E-state index contributed by atoms with van der Waals surface area (Å²) in [6.45, 7) is 5.21. The summed E-state index contributed by atoms with van der Waals surface area (Å²) in [6, 6.07) is 8.68. The molecule has 1 aliphatic heterocycles. The van der Waals surface area contributed by atoms with E-state index in [-0.39, 0.29) is 5.91 Å². The average Bonchev–Trinajstić information content (AvgIpc) is 2.97. The first-order valence-electron chi connectivity index (χ1n) is 7.40. The van der Waals surface area contributed by atoms with Gasteiger partial charge >= 0.3 is 0 Å². The Kier molecular flexibility index (Phi) is 5.25. The van der Waals surface area contributed by atoms with Crippen molar-refractivity contribution in [3.63, 3.8) is 0 Å². The van der Waals surface area contributed by atoms with Gasteiger partial charge in [-0.2, -0.15) is 0 Å². The largest absolute Gasteiger partial charge is 0.372 e. The summed E-state index contributed by atoms with van der Waals surface area (Å²) in [4.78, 5) is 14.0. The van der Waals surface area contributed by atoms with Crippen LogP contribution in [0.4, 0.5) is 5.69 Å². The lowest BCUT2D eigenvalue weighted by molar-refractivity contribution is -0.121. The van der Waals surface area contributed by atoms with Crippen LogP contribution in [-0.2, 0) is 11.2 Å². The molecule has 1 amide bonds. The molecule has 2 rings (SSSR count). The van der Waals surface area contributed by atoms with E-state index in [1.807, 2.05) is 0 Å². The molecule has 0 radical (unpaired) electrons. The Morgan fingerprint density at radius 1 is 1.21 bits per heavy atom. The Balaban J connectivity index is 1.79. The van der Waals surface area contributed by atoms with E-state index in [0.717, 1.165) is 19.4 Å². The lowest BCUT2D eigenvalue weighted by atomic mass is 10.1. The molecule has 104 valence electrons. The zero-order valence-electron chi connectivity index (χ0n) is 11.8. The van der Waals surface area contributed by atoms with Gasteiger partial charge in [0.2, 0.25) is 5.91 Å². The van der Waals surface area contributed by atoms with Crippen molar-refractivity contribution >= 4 is 11.6 Å². The van der Waals surface area contributed by atoms with E-state index < -0.39 is 0 Å². The summed E-state index contributed by atoms with van der Waals surface area (Å²) >= 11 is 0. The van der Waals surface area contributed by atoms with Gasteiger partial charge in [-0.3, -0.25) is 4.79 Å². The van der Waals surface area contributed by atoms with Crippen LogP contribution in [0.2, 0.25) is 0 Å². The van der Waals surface area contributed by atoms with E-state index in [1.54, 1.807) is 0 Å². The fraction of sp³-hybridized carbons (Fsp3) is 0.562. The fourth-order valence-corrected chi connectivity index (χ4v) is 2.46. The molecule has 0 aliphatic carbocycles. The number of rotatable bonds is 6. The molecule has 0 saturated carbocycles. The molecule has 1 saturated heterocycles. The number of nitrogens with one attached hydrogen (secondary N) is 1. The summed E-state index contributed by atoms with van der Waals surface area (Å²) in [6.07, 6.45) is 5.02. The van der Waals surface area contributed by atoms with Crippen LogP contribution in [0.1, 0.15) is 38.2 Å². The van der Waals surface area contributed by atoms with E-state index in [2.05, 4.69) is 41.4 Å². The van der Waals surface area contributed by atoms with Crippen LogP contribution in [-0.4, -0.2) is 25.5 Å². The summed E-state index contributed by atoms with van der Waals surface area (Å²) in [5.41, 5.74) is 2.56. The Labute approximate surface area is 116 Å². The van der Waals surface area contributed by atoms with Crippen molar-refractivity contribution < 1.29 is 4.79 Å². The first-order chi connectivity index (χ1) is 9.29. The number of benzene rings is 1. The van der Waals surface area contributed by atoms with Crippen molar-refractivity contribution in [2.45, 2.75) is 39.0 Å². The minimum Gasteiger partial charge on any atom is -0.372 e. The average molecular weight is 260 g/mol. The molecule has 1 heterocycles. The minimum atomic E-state index is 0.158. The van der Waals surface area contributed by atoms with Gasteiger partial charge in [-0.25, -0.2) is 0 Å². The van der Waals surface area contributed by atoms with Crippen molar-refractivity contribution in [3.8, 4) is 0 Å². The molecule has 1 N–H and O–H groups in total. The summed E-state index contributed by atoms with van der Waals surface area (Å²) in [5, 5.41) is 2.91. The van der Waals surface area contributed by atoms with Gasteiger partial charge in [0.15, 0.2) is 0 Å². The van der Waals surface area contributed by atoms with E-state index in [9.17, 15) is 4.79 Å². The maximum Gasteiger partial charge on any atom is 0.220 e. The van der Waals surface area contributed by atoms with Gasteiger partial charge in [-0.15, -0.1) is 0 Å². The first kappa shape index (κ1) is 13.9. The van der Waals surface area contributed by atoms with Crippen molar-refractivity contribution in [1.82, 2.24) is 5.32 Å². The molecule has 0 bridgehead atoms. The number of nitrogens with zero attached hydrogens (tertiary/aromatic N) is 1. The topological polar surface area (TPSA) is 32.3 Å². The van der Waals surface area contributed by atoms with E-state index >= 15 is 0 Å². The van der Waals surface area contributed by atoms with Crippen molar-refractivity contribution in [2.24, 2.45) is 0 Å². The molecular formula is C16H24N2O. The lowest BCUT2D eigenvalue weighted by Crippen LogP contribution is -2.24.